The van der Waals surface area contributed by atoms with Crippen LogP contribution in [0, 0.1) is 0 Å². The van der Waals surface area contributed by atoms with Crippen LogP contribution in [0.1, 0.15) is 5.56 Å². The lowest BCUT2D eigenvalue weighted by atomic mass is 10.1. The van der Waals surface area contributed by atoms with Crippen LogP contribution in [0.3, 0.4) is 0 Å². The van der Waals surface area contributed by atoms with E-state index >= 15 is 0 Å². The van der Waals surface area contributed by atoms with Crippen molar-refractivity contribution in [1.29, 1.82) is 0 Å². The van der Waals surface area contributed by atoms with Gasteiger partial charge in [-0.1, -0.05) is 41.9 Å². The summed E-state index contributed by atoms with van der Waals surface area (Å²) in [5.41, 5.74) is -0.707. The molecule has 0 fully saturated rings. The Morgan fingerprint density at radius 1 is 1.00 bits per heavy atom. The normalized spacial score (nSPS) is 12.1. The largest absolute Gasteiger partial charge is 0.417 e. The van der Waals surface area contributed by atoms with Crippen molar-refractivity contribution in [2.75, 3.05) is 5.32 Å². The predicted octanol–water partition coefficient (Wildman–Crippen LogP) is 4.92. The average Bonchev–Trinajstić information content (AvgIpc) is 2.47. The molecule has 0 aromatic heterocycles. The molecule has 0 bridgehead atoms. The quantitative estimate of drug-likeness (QED) is 0.797. The third kappa shape index (κ3) is 4.36. The lowest BCUT2D eigenvalue weighted by molar-refractivity contribution is -0.112. The molecule has 2 aromatic carbocycles. The van der Waals surface area contributed by atoms with Crippen molar-refractivity contribution in [2.24, 2.45) is 0 Å². The summed E-state index contributed by atoms with van der Waals surface area (Å²) in [7, 11) is 0. The zero-order valence-electron chi connectivity index (χ0n) is 11.2. The summed E-state index contributed by atoms with van der Waals surface area (Å²) < 4.78 is 39.3. The van der Waals surface area contributed by atoms with Gasteiger partial charge >= 0.3 is 6.18 Å². The number of halogens is 4. The molecule has 1 N–H and O–H groups in total. The Bertz CT molecular complexity index is 679. The second-order valence-corrected chi connectivity index (χ2v) is 4.85. The molecule has 22 heavy (non-hydrogen) atoms. The van der Waals surface area contributed by atoms with Crippen LogP contribution in [0.2, 0.25) is 5.02 Å². The molecule has 6 heteroatoms. The van der Waals surface area contributed by atoms with Gasteiger partial charge in [-0.25, -0.2) is 0 Å². The highest BCUT2D eigenvalue weighted by Crippen LogP contribution is 2.33. The van der Waals surface area contributed by atoms with Gasteiger partial charge in [0.15, 0.2) is 0 Å². The number of alkyl halides is 3. The van der Waals surface area contributed by atoms with Crippen molar-refractivity contribution in [3.05, 3.63) is 71.3 Å². The molecule has 0 radical (unpaired) electrons. The van der Waals surface area contributed by atoms with Gasteiger partial charge in [-0.2, -0.15) is 13.2 Å². The molecule has 0 unspecified atom stereocenters. The standard InChI is InChI=1S/C16H11ClF3NO/c17-12-6-8-13(9-7-12)21-15(22)10-14(16(18,19)20)11-4-2-1-3-5-11/h1-10H,(H,21,22)/b14-10+. The molecule has 0 atom stereocenters. The molecule has 0 saturated carbocycles. The summed E-state index contributed by atoms with van der Waals surface area (Å²) in [6, 6.07) is 13.2. The molecule has 0 heterocycles. The topological polar surface area (TPSA) is 29.1 Å². The van der Waals surface area contributed by atoms with Crippen LogP contribution in [0.5, 0.6) is 0 Å². The van der Waals surface area contributed by atoms with Crippen LogP contribution in [-0.4, -0.2) is 12.1 Å². The van der Waals surface area contributed by atoms with E-state index in [1.807, 2.05) is 0 Å². The van der Waals surface area contributed by atoms with Crippen LogP contribution >= 0.6 is 11.6 Å². The second kappa shape index (κ2) is 6.66. The fourth-order valence-corrected chi connectivity index (χ4v) is 1.92. The lowest BCUT2D eigenvalue weighted by Gasteiger charge is -2.12. The predicted molar refractivity (Wildman–Crippen MR) is 80.6 cm³/mol. The number of anilines is 1. The van der Waals surface area contributed by atoms with E-state index in [9.17, 15) is 18.0 Å². The van der Waals surface area contributed by atoms with Crippen molar-refractivity contribution >= 4 is 28.8 Å². The SMILES string of the molecule is O=C(/C=C(\c1ccccc1)C(F)(F)F)Nc1ccc(Cl)cc1. The molecule has 1 amide bonds. The number of benzene rings is 2. The molecule has 2 rings (SSSR count). The molecule has 0 aliphatic heterocycles. The van der Waals surface area contributed by atoms with Crippen molar-refractivity contribution < 1.29 is 18.0 Å². The molecule has 2 nitrogen and oxygen atoms in total. The number of rotatable bonds is 3. The Morgan fingerprint density at radius 2 is 1.59 bits per heavy atom. The Balaban J connectivity index is 2.26. The first-order chi connectivity index (χ1) is 10.4. The fraction of sp³-hybridized carbons (Fsp3) is 0.0625. The van der Waals surface area contributed by atoms with Gasteiger partial charge in [0.25, 0.3) is 0 Å². The number of carbonyl (C=O) groups is 1. The van der Waals surface area contributed by atoms with E-state index in [1.165, 1.54) is 48.5 Å². The monoisotopic (exact) mass is 325 g/mol. The van der Waals surface area contributed by atoms with Gasteiger partial charge in [0.1, 0.15) is 0 Å². The minimum Gasteiger partial charge on any atom is -0.322 e. The summed E-state index contributed by atoms with van der Waals surface area (Å²) in [6.07, 6.45) is -4.08. The van der Waals surface area contributed by atoms with E-state index in [1.54, 1.807) is 6.07 Å². The molecule has 0 aliphatic rings. The Morgan fingerprint density at radius 3 is 2.14 bits per heavy atom. The van der Waals surface area contributed by atoms with Gasteiger partial charge in [-0.15, -0.1) is 0 Å². The number of hydrogen-bond acceptors (Lipinski definition) is 1. The molecular weight excluding hydrogens is 315 g/mol. The van der Waals surface area contributed by atoms with E-state index in [2.05, 4.69) is 5.32 Å². The Labute approximate surface area is 130 Å². The highest BCUT2D eigenvalue weighted by Gasteiger charge is 2.35. The summed E-state index contributed by atoms with van der Waals surface area (Å²) in [4.78, 5) is 11.8. The van der Waals surface area contributed by atoms with Gasteiger partial charge in [0.05, 0.1) is 5.57 Å². The summed E-state index contributed by atoms with van der Waals surface area (Å²) in [5, 5.41) is 2.83. The van der Waals surface area contributed by atoms with Crippen molar-refractivity contribution in [3.8, 4) is 0 Å². The first-order valence-electron chi connectivity index (χ1n) is 6.27. The summed E-state index contributed by atoms with van der Waals surface area (Å²) in [5.74, 6) is -0.862. The number of allylic oxidation sites excluding steroid dienone is 1. The molecule has 114 valence electrons. The van der Waals surface area contributed by atoms with E-state index in [0.717, 1.165) is 0 Å². The summed E-state index contributed by atoms with van der Waals surface area (Å²) in [6.45, 7) is 0. The number of amides is 1. The highest BCUT2D eigenvalue weighted by atomic mass is 35.5. The number of hydrogen-bond donors (Lipinski definition) is 1. The summed E-state index contributed by atoms with van der Waals surface area (Å²) >= 11 is 5.70. The molecule has 2 aromatic rings. The molecule has 0 aliphatic carbocycles. The molecule has 0 spiro atoms. The lowest BCUT2D eigenvalue weighted by Crippen LogP contribution is -2.16. The smallest absolute Gasteiger partial charge is 0.322 e. The fourth-order valence-electron chi connectivity index (χ4n) is 1.79. The minimum atomic E-state index is -4.63. The van der Waals surface area contributed by atoms with Gasteiger partial charge in [-0.3, -0.25) is 4.79 Å². The average molecular weight is 326 g/mol. The van der Waals surface area contributed by atoms with Crippen LogP contribution in [0.4, 0.5) is 18.9 Å². The van der Waals surface area contributed by atoms with Crippen LogP contribution in [0.25, 0.3) is 5.57 Å². The van der Waals surface area contributed by atoms with Crippen molar-refractivity contribution in [2.45, 2.75) is 6.18 Å². The maximum Gasteiger partial charge on any atom is 0.417 e. The first kappa shape index (κ1) is 16.1. The van der Waals surface area contributed by atoms with E-state index in [-0.39, 0.29) is 5.56 Å². The zero-order valence-corrected chi connectivity index (χ0v) is 11.9. The van der Waals surface area contributed by atoms with E-state index in [4.69, 9.17) is 11.6 Å². The Kier molecular flexibility index (Phi) is 4.88. The van der Waals surface area contributed by atoms with Crippen molar-refractivity contribution in [1.82, 2.24) is 0 Å². The van der Waals surface area contributed by atoms with Gasteiger partial charge in [-0.05, 0) is 29.8 Å². The van der Waals surface area contributed by atoms with E-state index in [0.29, 0.717) is 16.8 Å². The third-order valence-corrected chi connectivity index (χ3v) is 3.03. The molecular formula is C16H11ClF3NO. The van der Waals surface area contributed by atoms with Crippen LogP contribution in [0.15, 0.2) is 60.7 Å². The zero-order chi connectivity index (χ0) is 16.2. The van der Waals surface area contributed by atoms with Gasteiger partial charge in [0, 0.05) is 16.8 Å². The highest BCUT2D eigenvalue weighted by molar-refractivity contribution is 6.30. The Hall–Kier alpha value is -2.27. The number of nitrogens with one attached hydrogen (secondary N) is 1. The maximum absolute atomic E-state index is 13.1. The van der Waals surface area contributed by atoms with Crippen LogP contribution in [-0.2, 0) is 4.79 Å². The molecule has 0 saturated heterocycles. The van der Waals surface area contributed by atoms with Gasteiger partial charge in [0.2, 0.25) is 5.91 Å². The number of carbonyl (C=O) groups excluding carboxylic acids is 1. The van der Waals surface area contributed by atoms with Crippen LogP contribution < -0.4 is 5.32 Å². The minimum absolute atomic E-state index is 0.0683. The van der Waals surface area contributed by atoms with Gasteiger partial charge < -0.3 is 5.32 Å². The van der Waals surface area contributed by atoms with Crippen molar-refractivity contribution in [3.63, 3.8) is 0 Å². The maximum atomic E-state index is 13.1. The second-order valence-electron chi connectivity index (χ2n) is 4.42. The first-order valence-corrected chi connectivity index (χ1v) is 6.65. The van der Waals surface area contributed by atoms with E-state index < -0.39 is 17.7 Å². The third-order valence-electron chi connectivity index (χ3n) is 2.78.